The minimum atomic E-state index is -0.218. The maximum atomic E-state index is 12.7. The molecule has 5 rings (SSSR count). The van der Waals surface area contributed by atoms with Gasteiger partial charge in [-0.15, -0.1) is 0 Å². The van der Waals surface area contributed by atoms with E-state index in [4.69, 9.17) is 21.7 Å². The third kappa shape index (κ3) is 4.86. The van der Waals surface area contributed by atoms with Crippen molar-refractivity contribution in [2.45, 2.75) is 44.0 Å². The molecule has 0 bridgehead atoms. The summed E-state index contributed by atoms with van der Waals surface area (Å²) in [4.78, 5) is 24.8. The van der Waals surface area contributed by atoms with E-state index in [1.54, 1.807) is 0 Å². The zero-order chi connectivity index (χ0) is 24.7. The fraction of sp³-hybridized carbons (Fsp3) is 0.240. The molecule has 2 aromatic carbocycles. The molecule has 0 amide bonds. The maximum absolute atomic E-state index is 12.7. The van der Waals surface area contributed by atoms with E-state index >= 15 is 0 Å². The molecule has 0 atom stereocenters. The summed E-state index contributed by atoms with van der Waals surface area (Å²) < 4.78 is 8.35. The van der Waals surface area contributed by atoms with Gasteiger partial charge >= 0.3 is 0 Å². The molecule has 1 N–H and O–H groups in total. The molecular formula is C25H23N5O2S3. The van der Waals surface area contributed by atoms with E-state index in [0.717, 1.165) is 16.8 Å². The van der Waals surface area contributed by atoms with Crippen molar-refractivity contribution < 1.29 is 4.52 Å². The Kier molecular flexibility index (Phi) is 6.20. The zero-order valence-corrected chi connectivity index (χ0v) is 22.1. The Morgan fingerprint density at radius 2 is 1.80 bits per heavy atom. The summed E-state index contributed by atoms with van der Waals surface area (Å²) in [5.74, 6) is 1.36. The van der Waals surface area contributed by atoms with Crippen LogP contribution in [0.5, 0.6) is 0 Å². The topological polar surface area (TPSA) is 89.6 Å². The van der Waals surface area contributed by atoms with Crippen molar-refractivity contribution in [1.82, 2.24) is 24.7 Å². The van der Waals surface area contributed by atoms with Crippen molar-refractivity contribution in [3.63, 3.8) is 0 Å². The number of aromatic nitrogens is 5. The van der Waals surface area contributed by atoms with Gasteiger partial charge in [-0.25, -0.2) is 4.98 Å². The second-order valence-corrected chi connectivity index (χ2v) is 11.8. The van der Waals surface area contributed by atoms with E-state index in [-0.39, 0.29) is 11.0 Å². The van der Waals surface area contributed by atoms with Crippen molar-refractivity contribution >= 4 is 45.7 Å². The largest absolute Gasteiger partial charge is 0.338 e. The standard InChI is InChI=1S/C25H23N5O2S3/c1-14-5-11-17(12-6-14)30-21-19(35-24(30)33)22(31)28-23(27-21)34-13-18-26-20(29-32-18)15-7-9-16(10-8-15)25(2,3)4/h5-12H,13H2,1-4H3,(H,27,28,31). The highest BCUT2D eigenvalue weighted by Crippen LogP contribution is 2.28. The van der Waals surface area contributed by atoms with Crippen molar-refractivity contribution in [2.24, 2.45) is 0 Å². The van der Waals surface area contributed by atoms with Gasteiger partial charge in [0.2, 0.25) is 11.7 Å². The molecule has 3 heterocycles. The van der Waals surface area contributed by atoms with Crippen LogP contribution in [0, 0.1) is 10.9 Å². The van der Waals surface area contributed by atoms with Gasteiger partial charge in [0.15, 0.2) is 14.8 Å². The summed E-state index contributed by atoms with van der Waals surface area (Å²) >= 11 is 8.12. The van der Waals surface area contributed by atoms with Crippen LogP contribution in [0.15, 0.2) is 63.0 Å². The summed E-state index contributed by atoms with van der Waals surface area (Å²) in [5, 5.41) is 4.58. The Bertz CT molecular complexity index is 1620. The molecule has 0 fully saturated rings. The molecule has 7 nitrogen and oxygen atoms in total. The van der Waals surface area contributed by atoms with E-state index in [9.17, 15) is 4.79 Å². The number of rotatable bonds is 5. The lowest BCUT2D eigenvalue weighted by Gasteiger charge is -2.18. The van der Waals surface area contributed by atoms with Crippen LogP contribution in [-0.4, -0.2) is 24.7 Å². The van der Waals surface area contributed by atoms with Gasteiger partial charge < -0.3 is 9.51 Å². The smallest absolute Gasteiger partial charge is 0.271 e. The van der Waals surface area contributed by atoms with Gasteiger partial charge in [-0.05, 0) is 42.3 Å². The lowest BCUT2D eigenvalue weighted by molar-refractivity contribution is 0.391. The third-order valence-electron chi connectivity index (χ3n) is 5.52. The van der Waals surface area contributed by atoms with Crippen LogP contribution in [0.4, 0.5) is 0 Å². The molecule has 35 heavy (non-hydrogen) atoms. The highest BCUT2D eigenvalue weighted by atomic mass is 32.2. The Morgan fingerprint density at radius 3 is 2.49 bits per heavy atom. The van der Waals surface area contributed by atoms with E-state index in [2.05, 4.69) is 48.0 Å². The Morgan fingerprint density at radius 1 is 1.09 bits per heavy atom. The normalized spacial score (nSPS) is 11.9. The van der Waals surface area contributed by atoms with Crippen LogP contribution in [0.1, 0.15) is 37.8 Å². The van der Waals surface area contributed by atoms with Gasteiger partial charge in [0.05, 0.1) is 5.75 Å². The van der Waals surface area contributed by atoms with Crippen molar-refractivity contribution in [1.29, 1.82) is 0 Å². The van der Waals surface area contributed by atoms with E-state index in [1.165, 1.54) is 28.7 Å². The molecule has 0 radical (unpaired) electrons. The van der Waals surface area contributed by atoms with Gasteiger partial charge in [0, 0.05) is 11.3 Å². The molecule has 178 valence electrons. The van der Waals surface area contributed by atoms with Crippen LogP contribution in [0.2, 0.25) is 0 Å². The average Bonchev–Trinajstić information content (AvgIpc) is 3.42. The summed E-state index contributed by atoms with van der Waals surface area (Å²) in [5.41, 5.74) is 4.55. The first kappa shape index (κ1) is 23.7. The average molecular weight is 522 g/mol. The highest BCUT2D eigenvalue weighted by Gasteiger charge is 2.17. The number of benzene rings is 2. The first-order chi connectivity index (χ1) is 16.7. The summed E-state index contributed by atoms with van der Waals surface area (Å²) in [6, 6.07) is 16.1. The van der Waals surface area contributed by atoms with Gasteiger partial charge in [-0.1, -0.05) is 91.0 Å². The van der Waals surface area contributed by atoms with Gasteiger partial charge in [0.25, 0.3) is 5.56 Å². The SMILES string of the molecule is Cc1ccc(-n2c(=S)sc3c(=O)[nH]c(SCc4nc(-c5ccc(C(C)(C)C)cc5)no4)nc32)cc1. The Hall–Kier alpha value is -3.08. The predicted octanol–water partition coefficient (Wildman–Crippen LogP) is 6.45. The van der Waals surface area contributed by atoms with Crippen LogP contribution >= 0.6 is 35.3 Å². The monoisotopic (exact) mass is 521 g/mol. The van der Waals surface area contributed by atoms with Crippen molar-refractivity contribution in [3.8, 4) is 17.1 Å². The van der Waals surface area contributed by atoms with Crippen LogP contribution in [0.3, 0.4) is 0 Å². The molecule has 0 aliphatic heterocycles. The Balaban J connectivity index is 1.39. The minimum absolute atomic E-state index is 0.0780. The molecule has 0 aliphatic rings. The third-order valence-corrected chi connectivity index (χ3v) is 7.74. The number of nitrogens with one attached hydrogen (secondary N) is 1. The lowest BCUT2D eigenvalue weighted by Crippen LogP contribution is -2.10. The van der Waals surface area contributed by atoms with Gasteiger partial charge in [-0.3, -0.25) is 9.36 Å². The molecule has 0 unspecified atom stereocenters. The number of hydrogen-bond acceptors (Lipinski definition) is 8. The predicted molar refractivity (Wildman–Crippen MR) is 143 cm³/mol. The molecule has 3 aromatic heterocycles. The van der Waals surface area contributed by atoms with Crippen molar-refractivity contribution in [2.75, 3.05) is 0 Å². The van der Waals surface area contributed by atoms with Crippen molar-refractivity contribution in [3.05, 3.63) is 79.9 Å². The maximum Gasteiger partial charge on any atom is 0.271 e. The molecule has 0 aliphatic carbocycles. The fourth-order valence-corrected chi connectivity index (χ4v) is 5.53. The summed E-state index contributed by atoms with van der Waals surface area (Å²) in [6.07, 6.45) is 0. The van der Waals surface area contributed by atoms with Gasteiger partial charge in [-0.2, -0.15) is 4.98 Å². The quantitative estimate of drug-likeness (QED) is 0.161. The van der Waals surface area contributed by atoms with Gasteiger partial charge in [0.1, 0.15) is 4.70 Å². The first-order valence-corrected chi connectivity index (χ1v) is 13.2. The van der Waals surface area contributed by atoms with Crippen LogP contribution in [0.25, 0.3) is 27.4 Å². The second-order valence-electron chi connectivity index (χ2n) is 9.19. The molecule has 0 saturated heterocycles. The second kappa shape index (κ2) is 9.18. The molecule has 0 spiro atoms. The number of thiazole rings is 1. The minimum Gasteiger partial charge on any atom is -0.338 e. The molecular weight excluding hydrogens is 499 g/mol. The summed E-state index contributed by atoms with van der Waals surface area (Å²) in [6.45, 7) is 8.55. The number of hydrogen-bond donors (Lipinski definition) is 1. The van der Waals surface area contributed by atoms with E-state index in [0.29, 0.717) is 36.9 Å². The molecule has 10 heteroatoms. The molecule has 5 aromatic rings. The van der Waals surface area contributed by atoms with E-state index in [1.807, 2.05) is 47.9 Å². The first-order valence-electron chi connectivity index (χ1n) is 11.0. The molecule has 0 saturated carbocycles. The highest BCUT2D eigenvalue weighted by molar-refractivity contribution is 7.98. The van der Waals surface area contributed by atoms with Crippen LogP contribution < -0.4 is 5.56 Å². The number of fused-ring (bicyclic) bond motifs is 1. The summed E-state index contributed by atoms with van der Waals surface area (Å²) in [7, 11) is 0. The number of nitrogens with zero attached hydrogens (tertiary/aromatic N) is 4. The number of aromatic amines is 1. The Labute approximate surface area is 215 Å². The van der Waals surface area contributed by atoms with E-state index < -0.39 is 0 Å². The lowest BCUT2D eigenvalue weighted by atomic mass is 9.87. The fourth-order valence-electron chi connectivity index (χ4n) is 3.56. The number of H-pyrrole nitrogens is 1. The zero-order valence-electron chi connectivity index (χ0n) is 19.7. The van der Waals surface area contributed by atoms with Crippen LogP contribution in [-0.2, 0) is 11.2 Å². The number of aryl methyl sites for hydroxylation is 1. The number of thioether (sulfide) groups is 1.